The third-order valence-corrected chi connectivity index (χ3v) is 4.44. The van der Waals surface area contributed by atoms with Gasteiger partial charge in [-0.05, 0) is 36.2 Å². The molecule has 0 atom stereocenters. The van der Waals surface area contributed by atoms with Crippen LogP contribution in [0, 0.1) is 11.3 Å². The highest BCUT2D eigenvalue weighted by molar-refractivity contribution is 6.02. The number of H-pyrrole nitrogens is 1. The van der Waals surface area contributed by atoms with Crippen molar-refractivity contribution in [2.24, 2.45) is 0 Å². The number of carbonyl (C=O) groups excluding carboxylic acids is 1. The number of aromatic nitrogens is 4. The normalized spacial score (nSPS) is 10.5. The minimum atomic E-state index is -0.370. The third-order valence-electron chi connectivity index (χ3n) is 4.44. The number of rotatable bonds is 6. The number of hydrogen-bond donors (Lipinski definition) is 4. The second-order valence-electron chi connectivity index (χ2n) is 6.56. The smallest absolute Gasteiger partial charge is 0.275 e. The Morgan fingerprint density at radius 1 is 1.13 bits per heavy atom. The first-order valence-corrected chi connectivity index (χ1v) is 9.23. The monoisotopic (exact) mass is 398 g/mol. The van der Waals surface area contributed by atoms with Crippen LogP contribution in [-0.4, -0.2) is 32.4 Å². The first kappa shape index (κ1) is 18.9. The molecule has 0 aliphatic rings. The molecule has 4 aromatic rings. The summed E-state index contributed by atoms with van der Waals surface area (Å²) in [5.74, 6) is 0.449. The SMILES string of the molecule is N#Cc1cccc2[nH]c(NCCc3ccc(NC(=O)c4cncc(N)n4)cc3)nc12. The van der Waals surface area contributed by atoms with Crippen molar-refractivity contribution in [3.05, 3.63) is 71.7 Å². The number of nitriles is 1. The van der Waals surface area contributed by atoms with E-state index in [1.807, 2.05) is 36.4 Å². The molecule has 0 saturated heterocycles. The highest BCUT2D eigenvalue weighted by Gasteiger charge is 2.09. The number of hydrogen-bond acceptors (Lipinski definition) is 7. The van der Waals surface area contributed by atoms with Crippen molar-refractivity contribution in [2.45, 2.75) is 6.42 Å². The maximum Gasteiger partial charge on any atom is 0.275 e. The Morgan fingerprint density at radius 2 is 1.97 bits per heavy atom. The summed E-state index contributed by atoms with van der Waals surface area (Å²) in [5, 5.41) is 15.2. The maximum absolute atomic E-state index is 12.2. The predicted octanol–water partition coefficient (Wildman–Crippen LogP) is 2.71. The minimum Gasteiger partial charge on any atom is -0.382 e. The molecule has 148 valence electrons. The van der Waals surface area contributed by atoms with Crippen molar-refractivity contribution in [3.8, 4) is 6.07 Å². The molecule has 2 aromatic carbocycles. The summed E-state index contributed by atoms with van der Waals surface area (Å²) in [6.45, 7) is 0.659. The average molecular weight is 398 g/mol. The summed E-state index contributed by atoms with van der Waals surface area (Å²) in [5.41, 5.74) is 9.49. The average Bonchev–Trinajstić information content (AvgIpc) is 3.18. The van der Waals surface area contributed by atoms with E-state index in [0.717, 1.165) is 17.5 Å². The molecule has 0 saturated carbocycles. The Morgan fingerprint density at radius 3 is 2.73 bits per heavy atom. The Kier molecular flexibility index (Phi) is 5.21. The number of nitrogens with zero attached hydrogens (tertiary/aromatic N) is 4. The number of nitrogens with two attached hydrogens (primary N) is 1. The Balaban J connectivity index is 1.33. The van der Waals surface area contributed by atoms with Gasteiger partial charge in [-0.15, -0.1) is 0 Å². The summed E-state index contributed by atoms with van der Waals surface area (Å²) < 4.78 is 0. The number of nitrogen functional groups attached to an aromatic ring is 1. The van der Waals surface area contributed by atoms with E-state index in [1.54, 1.807) is 6.07 Å². The van der Waals surface area contributed by atoms with Gasteiger partial charge < -0.3 is 21.4 Å². The number of nitrogens with one attached hydrogen (secondary N) is 3. The lowest BCUT2D eigenvalue weighted by atomic mass is 10.1. The highest BCUT2D eigenvalue weighted by atomic mass is 16.1. The quantitative estimate of drug-likeness (QED) is 0.390. The molecule has 9 nitrogen and oxygen atoms in total. The molecule has 0 aliphatic heterocycles. The molecular weight excluding hydrogens is 380 g/mol. The first-order chi connectivity index (χ1) is 14.6. The van der Waals surface area contributed by atoms with Gasteiger partial charge in [0.15, 0.2) is 0 Å². The Labute approximate surface area is 172 Å². The fraction of sp³-hybridized carbons (Fsp3) is 0.0952. The predicted molar refractivity (Wildman–Crippen MR) is 114 cm³/mol. The third kappa shape index (κ3) is 4.18. The van der Waals surface area contributed by atoms with E-state index in [9.17, 15) is 4.79 Å². The van der Waals surface area contributed by atoms with E-state index >= 15 is 0 Å². The molecule has 0 bridgehead atoms. The lowest BCUT2D eigenvalue weighted by molar-refractivity contribution is 0.102. The van der Waals surface area contributed by atoms with Gasteiger partial charge in [-0.1, -0.05) is 18.2 Å². The first-order valence-electron chi connectivity index (χ1n) is 9.23. The Hall–Kier alpha value is -4.45. The lowest BCUT2D eigenvalue weighted by Gasteiger charge is -2.07. The van der Waals surface area contributed by atoms with Crippen LogP contribution >= 0.6 is 0 Å². The summed E-state index contributed by atoms with van der Waals surface area (Å²) in [7, 11) is 0. The number of para-hydroxylation sites is 1. The van der Waals surface area contributed by atoms with Crippen LogP contribution in [0.1, 0.15) is 21.6 Å². The van der Waals surface area contributed by atoms with Gasteiger partial charge in [0, 0.05) is 12.2 Å². The molecule has 0 fully saturated rings. The van der Waals surface area contributed by atoms with Crippen molar-refractivity contribution in [2.75, 3.05) is 22.9 Å². The molecule has 30 heavy (non-hydrogen) atoms. The zero-order chi connectivity index (χ0) is 20.9. The van der Waals surface area contributed by atoms with E-state index in [2.05, 4.69) is 36.6 Å². The molecule has 0 unspecified atom stereocenters. The molecule has 0 radical (unpaired) electrons. The van der Waals surface area contributed by atoms with Crippen molar-refractivity contribution >= 4 is 34.4 Å². The van der Waals surface area contributed by atoms with Gasteiger partial charge >= 0.3 is 0 Å². The maximum atomic E-state index is 12.2. The van der Waals surface area contributed by atoms with Gasteiger partial charge in [-0.3, -0.25) is 9.78 Å². The largest absolute Gasteiger partial charge is 0.382 e. The molecule has 0 aliphatic carbocycles. The van der Waals surface area contributed by atoms with Crippen LogP contribution in [0.5, 0.6) is 0 Å². The molecule has 0 spiro atoms. The fourth-order valence-electron chi connectivity index (χ4n) is 2.97. The molecule has 2 aromatic heterocycles. The standard InChI is InChI=1S/C21H18N8O/c22-10-14-2-1-3-16-19(14)29-21(28-16)25-9-8-13-4-6-15(7-5-13)26-20(30)17-11-24-12-18(23)27-17/h1-7,11-12H,8-9H2,(H2,23,27)(H,26,30)(H2,25,28,29). The van der Waals surface area contributed by atoms with Crippen molar-refractivity contribution in [3.63, 3.8) is 0 Å². The minimum absolute atomic E-state index is 0.161. The fourth-order valence-corrected chi connectivity index (χ4v) is 2.97. The zero-order valence-electron chi connectivity index (χ0n) is 15.9. The van der Waals surface area contributed by atoms with Crippen LogP contribution in [-0.2, 0) is 6.42 Å². The number of imidazole rings is 1. The molecule has 5 N–H and O–H groups in total. The summed E-state index contributed by atoms with van der Waals surface area (Å²) in [4.78, 5) is 27.6. The summed E-state index contributed by atoms with van der Waals surface area (Å²) in [6, 6.07) is 15.1. The molecule has 4 rings (SSSR count). The van der Waals surface area contributed by atoms with Gasteiger partial charge in [0.25, 0.3) is 5.91 Å². The van der Waals surface area contributed by atoms with Crippen LogP contribution in [0.25, 0.3) is 11.0 Å². The van der Waals surface area contributed by atoms with Crippen LogP contribution < -0.4 is 16.4 Å². The van der Waals surface area contributed by atoms with Gasteiger partial charge in [0.1, 0.15) is 23.1 Å². The highest BCUT2D eigenvalue weighted by Crippen LogP contribution is 2.18. The van der Waals surface area contributed by atoms with Crippen LogP contribution in [0.15, 0.2) is 54.9 Å². The van der Waals surface area contributed by atoms with E-state index in [4.69, 9.17) is 11.0 Å². The van der Waals surface area contributed by atoms with Gasteiger partial charge in [-0.25, -0.2) is 9.97 Å². The second-order valence-corrected chi connectivity index (χ2v) is 6.56. The van der Waals surface area contributed by atoms with E-state index in [0.29, 0.717) is 29.3 Å². The number of aromatic amines is 1. The van der Waals surface area contributed by atoms with Crippen LogP contribution in [0.4, 0.5) is 17.5 Å². The Bertz CT molecular complexity index is 1240. The van der Waals surface area contributed by atoms with Crippen molar-refractivity contribution in [1.82, 2.24) is 19.9 Å². The van der Waals surface area contributed by atoms with Crippen LogP contribution in [0.2, 0.25) is 0 Å². The number of carbonyl (C=O) groups is 1. The molecule has 9 heteroatoms. The van der Waals surface area contributed by atoms with Gasteiger partial charge in [0.2, 0.25) is 5.95 Å². The van der Waals surface area contributed by atoms with E-state index < -0.39 is 0 Å². The zero-order valence-corrected chi connectivity index (χ0v) is 15.9. The lowest BCUT2D eigenvalue weighted by Crippen LogP contribution is -2.14. The van der Waals surface area contributed by atoms with E-state index in [1.165, 1.54) is 12.4 Å². The number of fused-ring (bicyclic) bond motifs is 1. The van der Waals surface area contributed by atoms with Crippen LogP contribution in [0.3, 0.4) is 0 Å². The molecular formula is C21H18N8O. The number of amides is 1. The van der Waals surface area contributed by atoms with Crippen molar-refractivity contribution < 1.29 is 4.79 Å². The summed E-state index contributed by atoms with van der Waals surface area (Å²) in [6.07, 6.45) is 3.51. The molecule has 2 heterocycles. The second kappa shape index (κ2) is 8.28. The number of benzene rings is 2. The number of anilines is 3. The topological polar surface area (TPSA) is 145 Å². The van der Waals surface area contributed by atoms with Gasteiger partial charge in [-0.2, -0.15) is 5.26 Å². The summed E-state index contributed by atoms with van der Waals surface area (Å²) >= 11 is 0. The van der Waals surface area contributed by atoms with E-state index in [-0.39, 0.29) is 17.4 Å². The molecule has 1 amide bonds. The van der Waals surface area contributed by atoms with Crippen molar-refractivity contribution in [1.29, 1.82) is 5.26 Å². The van der Waals surface area contributed by atoms with Gasteiger partial charge in [0.05, 0.1) is 23.5 Å².